The van der Waals surface area contributed by atoms with E-state index in [0.29, 0.717) is 18.9 Å². The molecule has 0 bridgehead atoms. The second kappa shape index (κ2) is 10.0. The van der Waals surface area contributed by atoms with Crippen molar-refractivity contribution >= 4 is 34.5 Å². The third-order valence-corrected chi connectivity index (χ3v) is 7.41. The molecule has 8 heteroatoms. The minimum absolute atomic E-state index is 0.144. The smallest absolute Gasteiger partial charge is 0.267 e. The first kappa shape index (κ1) is 24.0. The van der Waals surface area contributed by atoms with Gasteiger partial charge in [-0.05, 0) is 50.6 Å². The highest BCUT2D eigenvalue weighted by molar-refractivity contribution is 8.00. The van der Waals surface area contributed by atoms with Gasteiger partial charge in [-0.3, -0.25) is 19.8 Å². The number of rotatable bonds is 6. The van der Waals surface area contributed by atoms with Crippen LogP contribution in [0.1, 0.15) is 30.7 Å². The number of carbonyl (C=O) groups excluding carboxylic acids is 2. The summed E-state index contributed by atoms with van der Waals surface area (Å²) in [4.78, 5) is 31.5. The van der Waals surface area contributed by atoms with Crippen LogP contribution in [0, 0.1) is 6.92 Å². The number of nitrogens with zero attached hydrogens (tertiary/aromatic N) is 2. The Morgan fingerprint density at radius 1 is 1.21 bits per heavy atom. The number of aryl methyl sites for hydroxylation is 1. The van der Waals surface area contributed by atoms with Crippen LogP contribution >= 0.6 is 11.8 Å². The Morgan fingerprint density at radius 3 is 2.68 bits per heavy atom. The van der Waals surface area contributed by atoms with Crippen LogP contribution in [-0.2, 0) is 22.6 Å². The van der Waals surface area contributed by atoms with Gasteiger partial charge < -0.3 is 9.64 Å². The van der Waals surface area contributed by atoms with Gasteiger partial charge in [0.2, 0.25) is 5.91 Å². The third kappa shape index (κ3) is 5.18. The van der Waals surface area contributed by atoms with Gasteiger partial charge in [-0.15, -0.1) is 0 Å². The lowest BCUT2D eigenvalue weighted by Crippen LogP contribution is -2.61. The lowest BCUT2D eigenvalue weighted by atomic mass is 9.99. The van der Waals surface area contributed by atoms with Crippen LogP contribution < -0.4 is 10.2 Å². The third-order valence-electron chi connectivity index (χ3n) is 6.06. The zero-order chi connectivity index (χ0) is 24.3. The Morgan fingerprint density at radius 2 is 1.94 bits per heavy atom. The van der Waals surface area contributed by atoms with Crippen molar-refractivity contribution in [3.05, 3.63) is 71.4 Å². The van der Waals surface area contributed by atoms with Crippen molar-refractivity contribution in [2.75, 3.05) is 12.3 Å². The highest BCUT2D eigenvalue weighted by Gasteiger charge is 2.44. The first-order valence-electron chi connectivity index (χ1n) is 11.2. The molecule has 0 radical (unpaired) electrons. The molecule has 0 spiro atoms. The fourth-order valence-electron chi connectivity index (χ4n) is 4.43. The number of hydrogen-bond acceptors (Lipinski definition) is 6. The van der Waals surface area contributed by atoms with Gasteiger partial charge in [0.15, 0.2) is 0 Å². The molecule has 178 valence electrons. The van der Waals surface area contributed by atoms with E-state index in [0.717, 1.165) is 33.5 Å². The van der Waals surface area contributed by atoms with Crippen LogP contribution in [0.15, 0.2) is 54.6 Å². The molecule has 1 aliphatic heterocycles. The van der Waals surface area contributed by atoms with E-state index in [1.807, 2.05) is 75.4 Å². The number of amides is 2. The van der Waals surface area contributed by atoms with Crippen molar-refractivity contribution < 1.29 is 19.5 Å². The van der Waals surface area contributed by atoms with Crippen LogP contribution in [-0.4, -0.2) is 50.0 Å². The molecule has 2 amide bonds. The predicted molar refractivity (Wildman–Crippen MR) is 133 cm³/mol. The Labute approximate surface area is 203 Å². The first-order chi connectivity index (χ1) is 16.3. The van der Waals surface area contributed by atoms with E-state index in [1.54, 1.807) is 22.1 Å². The van der Waals surface area contributed by atoms with Gasteiger partial charge in [-0.1, -0.05) is 30.3 Å². The summed E-state index contributed by atoms with van der Waals surface area (Å²) in [5.41, 5.74) is 5.52. The topological polar surface area (TPSA) is 91.8 Å². The molecule has 1 aliphatic rings. The van der Waals surface area contributed by atoms with Gasteiger partial charge in [0.1, 0.15) is 18.4 Å². The summed E-state index contributed by atoms with van der Waals surface area (Å²) in [6.07, 6.45) is 0.171. The number of ether oxygens (including phenoxy) is 1. The molecular weight excluding hydrogens is 450 g/mol. The lowest BCUT2D eigenvalue weighted by molar-refractivity contribution is -0.145. The van der Waals surface area contributed by atoms with Crippen molar-refractivity contribution in [1.82, 2.24) is 15.4 Å². The van der Waals surface area contributed by atoms with E-state index >= 15 is 0 Å². The molecule has 2 heterocycles. The molecule has 1 saturated heterocycles. The van der Waals surface area contributed by atoms with E-state index in [1.165, 1.54) is 0 Å². The van der Waals surface area contributed by atoms with Gasteiger partial charge >= 0.3 is 0 Å². The summed E-state index contributed by atoms with van der Waals surface area (Å²) < 4.78 is 5.52. The number of benzene rings is 2. The second-order valence-electron chi connectivity index (χ2n) is 8.97. The number of fused-ring (bicyclic) bond motifs is 1. The molecule has 2 aromatic carbocycles. The first-order valence-corrected chi connectivity index (χ1v) is 12.2. The molecule has 1 aromatic heterocycles. The maximum absolute atomic E-state index is 13.1. The van der Waals surface area contributed by atoms with Crippen molar-refractivity contribution in [2.45, 2.75) is 44.6 Å². The zero-order valence-electron chi connectivity index (χ0n) is 19.6. The average molecular weight is 480 g/mol. The number of thioether (sulfide) groups is 1. The van der Waals surface area contributed by atoms with Gasteiger partial charge in [0.05, 0.1) is 11.9 Å². The normalized spacial score (nSPS) is 17.4. The fourth-order valence-corrected chi connectivity index (χ4v) is 5.64. The SMILES string of the molecule is Cc1cc(COc2ccc(CC(=O)N3CCSC(C)(C)[C@@H]3C(=O)NO)cc2)c2ccccc2n1. The number of para-hydroxylation sites is 1. The molecule has 2 N–H and O–H groups in total. The summed E-state index contributed by atoms with van der Waals surface area (Å²) in [5.74, 6) is 0.745. The van der Waals surface area contributed by atoms with E-state index in [9.17, 15) is 14.8 Å². The van der Waals surface area contributed by atoms with Crippen molar-refractivity contribution in [2.24, 2.45) is 0 Å². The van der Waals surface area contributed by atoms with E-state index in [4.69, 9.17) is 4.74 Å². The molecule has 3 aromatic rings. The van der Waals surface area contributed by atoms with Crippen molar-refractivity contribution in [1.29, 1.82) is 0 Å². The predicted octanol–water partition coefficient (Wildman–Crippen LogP) is 3.89. The lowest BCUT2D eigenvalue weighted by Gasteiger charge is -2.44. The Balaban J connectivity index is 1.42. The Kier molecular flexibility index (Phi) is 7.09. The quantitative estimate of drug-likeness (QED) is 0.412. The minimum atomic E-state index is -0.731. The zero-order valence-corrected chi connectivity index (χ0v) is 20.4. The van der Waals surface area contributed by atoms with E-state index < -0.39 is 16.7 Å². The van der Waals surface area contributed by atoms with Gasteiger partial charge in [-0.2, -0.15) is 11.8 Å². The minimum Gasteiger partial charge on any atom is -0.489 e. The number of aromatic nitrogens is 1. The van der Waals surface area contributed by atoms with Crippen LogP contribution in [0.2, 0.25) is 0 Å². The molecular formula is C26H29N3O4S. The van der Waals surface area contributed by atoms with Crippen LogP contribution in [0.5, 0.6) is 5.75 Å². The number of hydroxylamine groups is 1. The number of nitrogens with one attached hydrogen (secondary N) is 1. The van der Waals surface area contributed by atoms with Crippen molar-refractivity contribution in [3.63, 3.8) is 0 Å². The largest absolute Gasteiger partial charge is 0.489 e. The molecule has 0 unspecified atom stereocenters. The molecule has 34 heavy (non-hydrogen) atoms. The summed E-state index contributed by atoms with van der Waals surface area (Å²) in [7, 11) is 0. The van der Waals surface area contributed by atoms with Gasteiger partial charge in [-0.25, -0.2) is 5.48 Å². The highest BCUT2D eigenvalue weighted by Crippen LogP contribution is 2.36. The maximum Gasteiger partial charge on any atom is 0.267 e. The molecule has 1 atom stereocenters. The number of carbonyl (C=O) groups is 2. The van der Waals surface area contributed by atoms with Crippen LogP contribution in [0.3, 0.4) is 0 Å². The number of pyridine rings is 1. The summed E-state index contributed by atoms with van der Waals surface area (Å²) in [6.45, 7) is 6.68. The second-order valence-corrected chi connectivity index (χ2v) is 10.7. The average Bonchev–Trinajstić information content (AvgIpc) is 2.82. The number of hydrogen-bond donors (Lipinski definition) is 2. The standard InChI is InChI=1S/C26H29N3O4S/c1-17-14-19(21-6-4-5-7-22(21)27-17)16-33-20-10-8-18(9-11-20)15-23(30)29-12-13-34-26(2,3)24(29)25(31)28-32/h4-11,14,24,32H,12-13,15-16H2,1-3H3,(H,28,31)/t24-/m0/s1. The van der Waals surface area contributed by atoms with Gasteiger partial charge in [0.25, 0.3) is 5.91 Å². The molecule has 1 fully saturated rings. The Hall–Kier alpha value is -3.10. The van der Waals surface area contributed by atoms with Crippen molar-refractivity contribution in [3.8, 4) is 5.75 Å². The van der Waals surface area contributed by atoms with E-state index in [2.05, 4.69) is 4.98 Å². The fraction of sp³-hybridized carbons (Fsp3) is 0.346. The highest BCUT2D eigenvalue weighted by atomic mass is 32.2. The monoisotopic (exact) mass is 479 g/mol. The summed E-state index contributed by atoms with van der Waals surface area (Å²) in [6, 6.07) is 16.8. The maximum atomic E-state index is 13.1. The van der Waals surface area contributed by atoms with Gasteiger partial charge in [0, 0.05) is 33.7 Å². The summed E-state index contributed by atoms with van der Waals surface area (Å²) >= 11 is 1.62. The molecule has 0 aliphatic carbocycles. The van der Waals surface area contributed by atoms with Crippen LogP contribution in [0.25, 0.3) is 10.9 Å². The van der Waals surface area contributed by atoms with E-state index in [-0.39, 0.29) is 12.3 Å². The summed E-state index contributed by atoms with van der Waals surface area (Å²) in [5, 5.41) is 10.3. The molecule has 7 nitrogen and oxygen atoms in total. The molecule has 0 saturated carbocycles. The molecule has 4 rings (SSSR count). The Bertz CT molecular complexity index is 1200. The van der Waals surface area contributed by atoms with Crippen LogP contribution in [0.4, 0.5) is 0 Å².